The van der Waals surface area contributed by atoms with Crippen LogP contribution in [0.15, 0.2) is 176 Å². The normalized spacial score (nSPS) is 12.1. The van der Waals surface area contributed by atoms with Crippen LogP contribution in [-0.4, -0.2) is 13.7 Å². The zero-order valence-corrected chi connectivity index (χ0v) is 26.6. The summed E-state index contributed by atoms with van der Waals surface area (Å²) in [7, 11) is 0. The molecule has 3 heterocycles. The summed E-state index contributed by atoms with van der Waals surface area (Å²) in [6.07, 6.45) is 0. The summed E-state index contributed by atoms with van der Waals surface area (Å²) in [5, 5.41) is 10.1. The van der Waals surface area contributed by atoms with Crippen molar-refractivity contribution in [2.75, 3.05) is 0 Å². The van der Waals surface area contributed by atoms with Gasteiger partial charge in [-0.2, -0.15) is 0 Å². The Morgan fingerprint density at radius 3 is 1.33 bits per heavy atom. The lowest BCUT2D eigenvalue weighted by atomic mass is 10.0. The minimum Gasteiger partial charge on any atom is -0.309 e. The summed E-state index contributed by atoms with van der Waals surface area (Å²) in [5.74, 6) is 0. The van der Waals surface area contributed by atoms with Crippen LogP contribution in [0.5, 0.6) is 0 Å². The molecule has 0 saturated heterocycles. The minimum atomic E-state index is 1.14. The molecule has 0 N–H and O–H groups in total. The van der Waals surface area contributed by atoms with Crippen molar-refractivity contribution in [1.82, 2.24) is 13.7 Å². The van der Waals surface area contributed by atoms with E-state index < -0.39 is 0 Å². The smallest absolute Gasteiger partial charge is 0.0562 e. The molecule has 0 aliphatic carbocycles. The molecule has 0 amide bonds. The molecule has 3 nitrogen and oxygen atoms in total. The highest BCUT2D eigenvalue weighted by atomic mass is 15.0. The largest absolute Gasteiger partial charge is 0.309 e. The highest BCUT2D eigenvalue weighted by Crippen LogP contribution is 2.41. The second kappa shape index (κ2) is 9.96. The molecule has 8 aromatic carbocycles. The first-order valence-electron chi connectivity index (χ1n) is 16.9. The standard InChI is InChI=1S/C46H29N3/c1-3-15-32(16-4-1)47-41-21-11-9-19-35(41)37-24-23-34(27-44(37)47)49-42-22-12-10-20-36(42)39-28-40-38-25-30-13-7-8-14-31(30)26-43(38)48(46(40)29-45(39)49)33-17-5-2-6-18-33/h1-29H. The monoisotopic (exact) mass is 623 g/mol. The van der Waals surface area contributed by atoms with E-state index >= 15 is 0 Å². The van der Waals surface area contributed by atoms with E-state index in [0.717, 1.165) is 17.1 Å². The van der Waals surface area contributed by atoms with Crippen molar-refractivity contribution in [2.24, 2.45) is 0 Å². The van der Waals surface area contributed by atoms with Crippen molar-refractivity contribution in [3.63, 3.8) is 0 Å². The van der Waals surface area contributed by atoms with Crippen molar-refractivity contribution < 1.29 is 0 Å². The Bertz CT molecular complexity index is 3090. The molecule has 0 spiro atoms. The summed E-state index contributed by atoms with van der Waals surface area (Å²) in [6, 6.07) is 64.3. The average Bonchev–Trinajstić information content (AvgIpc) is 3.78. The maximum Gasteiger partial charge on any atom is 0.0562 e. The van der Waals surface area contributed by atoms with Crippen LogP contribution >= 0.6 is 0 Å². The molecule has 11 rings (SSSR count). The molecule has 228 valence electrons. The molecule has 0 aliphatic heterocycles. The van der Waals surface area contributed by atoms with E-state index in [-0.39, 0.29) is 0 Å². The molecule has 0 aliphatic rings. The first-order valence-corrected chi connectivity index (χ1v) is 16.9. The van der Waals surface area contributed by atoms with Crippen LogP contribution in [0.4, 0.5) is 0 Å². The van der Waals surface area contributed by atoms with Gasteiger partial charge < -0.3 is 13.7 Å². The van der Waals surface area contributed by atoms with Crippen LogP contribution < -0.4 is 0 Å². The molecular formula is C46H29N3. The second-order valence-electron chi connectivity index (χ2n) is 13.0. The Morgan fingerprint density at radius 2 is 0.653 bits per heavy atom. The van der Waals surface area contributed by atoms with E-state index in [1.807, 2.05) is 0 Å². The third-order valence-electron chi connectivity index (χ3n) is 10.4. The number of para-hydroxylation sites is 4. The van der Waals surface area contributed by atoms with E-state index in [1.54, 1.807) is 0 Å². The predicted molar refractivity (Wildman–Crippen MR) is 207 cm³/mol. The van der Waals surface area contributed by atoms with Crippen LogP contribution in [0.1, 0.15) is 0 Å². The molecule has 11 aromatic rings. The Labute approximate surface area is 282 Å². The maximum absolute atomic E-state index is 2.46. The molecule has 0 unspecified atom stereocenters. The van der Waals surface area contributed by atoms with Crippen LogP contribution in [-0.2, 0) is 0 Å². The second-order valence-corrected chi connectivity index (χ2v) is 13.0. The molecule has 0 bridgehead atoms. The van der Waals surface area contributed by atoms with Crippen molar-refractivity contribution in [2.45, 2.75) is 0 Å². The lowest BCUT2D eigenvalue weighted by molar-refractivity contribution is 1.15. The van der Waals surface area contributed by atoms with Gasteiger partial charge in [-0.1, -0.05) is 103 Å². The van der Waals surface area contributed by atoms with Crippen LogP contribution in [0.25, 0.3) is 93.3 Å². The van der Waals surface area contributed by atoms with E-state index in [4.69, 9.17) is 0 Å². The lowest BCUT2D eigenvalue weighted by Crippen LogP contribution is -1.97. The summed E-state index contributed by atoms with van der Waals surface area (Å²) >= 11 is 0. The fourth-order valence-corrected chi connectivity index (χ4v) is 8.25. The minimum absolute atomic E-state index is 1.14. The first-order chi connectivity index (χ1) is 24.3. The van der Waals surface area contributed by atoms with E-state index in [0.29, 0.717) is 0 Å². The summed E-state index contributed by atoms with van der Waals surface area (Å²) in [4.78, 5) is 0. The fraction of sp³-hybridized carbons (Fsp3) is 0. The van der Waals surface area contributed by atoms with E-state index in [1.165, 1.54) is 76.2 Å². The lowest BCUT2D eigenvalue weighted by Gasteiger charge is -2.12. The van der Waals surface area contributed by atoms with E-state index in [9.17, 15) is 0 Å². The Balaban J connectivity index is 1.27. The van der Waals surface area contributed by atoms with Gasteiger partial charge in [-0.05, 0) is 83.6 Å². The van der Waals surface area contributed by atoms with Crippen molar-refractivity contribution >= 4 is 76.2 Å². The quantitative estimate of drug-likeness (QED) is 0.186. The van der Waals surface area contributed by atoms with Crippen molar-refractivity contribution in [3.05, 3.63) is 176 Å². The van der Waals surface area contributed by atoms with Gasteiger partial charge in [0.15, 0.2) is 0 Å². The molecule has 3 aromatic heterocycles. The average molecular weight is 624 g/mol. The van der Waals surface area contributed by atoms with Gasteiger partial charge in [-0.15, -0.1) is 0 Å². The van der Waals surface area contributed by atoms with Crippen LogP contribution in [0.3, 0.4) is 0 Å². The first kappa shape index (κ1) is 26.5. The van der Waals surface area contributed by atoms with Gasteiger partial charge in [0.1, 0.15) is 0 Å². The molecule has 49 heavy (non-hydrogen) atoms. The topological polar surface area (TPSA) is 14.8 Å². The summed E-state index contributed by atoms with van der Waals surface area (Å²) in [5.41, 5.74) is 10.7. The van der Waals surface area contributed by atoms with Gasteiger partial charge in [-0.3, -0.25) is 0 Å². The maximum atomic E-state index is 2.46. The number of fused-ring (bicyclic) bond motifs is 10. The molecule has 0 saturated carbocycles. The number of hydrogen-bond donors (Lipinski definition) is 0. The third-order valence-corrected chi connectivity index (χ3v) is 10.4. The predicted octanol–water partition coefficient (Wildman–Crippen LogP) is 12.1. The van der Waals surface area contributed by atoms with Gasteiger partial charge in [0.05, 0.1) is 33.1 Å². The highest BCUT2D eigenvalue weighted by Gasteiger charge is 2.20. The fourth-order valence-electron chi connectivity index (χ4n) is 8.25. The Kier molecular flexibility index (Phi) is 5.38. The molecule has 0 atom stereocenters. The van der Waals surface area contributed by atoms with Gasteiger partial charge >= 0.3 is 0 Å². The SMILES string of the molecule is c1ccc(-n2c3ccccc3c3ccc(-n4c5ccccc5c5cc6c7cc8ccccc8cc7n(-c7ccccc7)c6cc54)cc32)cc1. The summed E-state index contributed by atoms with van der Waals surface area (Å²) < 4.78 is 7.30. The number of rotatable bonds is 3. The molecule has 3 heteroatoms. The third kappa shape index (κ3) is 3.73. The van der Waals surface area contributed by atoms with Gasteiger partial charge in [-0.25, -0.2) is 0 Å². The number of nitrogens with zero attached hydrogens (tertiary/aromatic N) is 3. The number of aromatic nitrogens is 3. The zero-order chi connectivity index (χ0) is 32.1. The van der Waals surface area contributed by atoms with Crippen molar-refractivity contribution in [1.29, 1.82) is 0 Å². The van der Waals surface area contributed by atoms with Gasteiger partial charge in [0.2, 0.25) is 0 Å². The van der Waals surface area contributed by atoms with Gasteiger partial charge in [0, 0.05) is 49.4 Å². The van der Waals surface area contributed by atoms with E-state index in [2.05, 4.69) is 190 Å². The highest BCUT2D eigenvalue weighted by molar-refractivity contribution is 6.21. The zero-order valence-electron chi connectivity index (χ0n) is 26.6. The van der Waals surface area contributed by atoms with Gasteiger partial charge in [0.25, 0.3) is 0 Å². The molecule has 0 fully saturated rings. The molecule has 0 radical (unpaired) electrons. The Hall–Kier alpha value is -6.58. The number of benzene rings is 8. The van der Waals surface area contributed by atoms with Crippen LogP contribution in [0.2, 0.25) is 0 Å². The number of hydrogen-bond acceptors (Lipinski definition) is 0. The van der Waals surface area contributed by atoms with Crippen LogP contribution in [0, 0.1) is 0 Å². The van der Waals surface area contributed by atoms with Crippen molar-refractivity contribution in [3.8, 4) is 17.1 Å². The molecular weight excluding hydrogens is 595 g/mol. The summed E-state index contributed by atoms with van der Waals surface area (Å²) in [6.45, 7) is 0. The Morgan fingerprint density at radius 1 is 0.224 bits per heavy atom.